The van der Waals surface area contributed by atoms with Crippen molar-refractivity contribution in [3.63, 3.8) is 0 Å². The largest absolute Gasteiger partial charge is 0.396 e. The van der Waals surface area contributed by atoms with E-state index in [2.05, 4.69) is 69.2 Å². The van der Waals surface area contributed by atoms with Crippen molar-refractivity contribution < 1.29 is 20.4 Å². The van der Waals surface area contributed by atoms with Crippen LogP contribution in [0.5, 0.6) is 0 Å². The summed E-state index contributed by atoms with van der Waals surface area (Å²) in [5, 5.41) is 36.1. The van der Waals surface area contributed by atoms with Crippen molar-refractivity contribution in [1.29, 1.82) is 0 Å². The third-order valence-corrected chi connectivity index (χ3v) is 8.58. The van der Waals surface area contributed by atoms with E-state index in [-0.39, 0.29) is 31.8 Å². The molecule has 4 nitrogen and oxygen atoms in total. The van der Waals surface area contributed by atoms with Gasteiger partial charge in [0.15, 0.2) is 0 Å². The quantitative estimate of drug-likeness (QED) is 0.0615. The van der Waals surface area contributed by atoms with Gasteiger partial charge in [0.25, 0.3) is 0 Å². The van der Waals surface area contributed by atoms with Gasteiger partial charge in [0, 0.05) is 26.4 Å². The van der Waals surface area contributed by atoms with Crippen molar-refractivity contribution in [3.8, 4) is 0 Å². The minimum Gasteiger partial charge on any atom is -0.396 e. The lowest BCUT2D eigenvalue weighted by atomic mass is 9.74. The molecule has 0 spiro atoms. The third-order valence-electron chi connectivity index (χ3n) is 8.58. The Morgan fingerprint density at radius 3 is 0.625 bits per heavy atom. The SMILES string of the molecule is CCCCCC.CCCCCC.CCCCCC.CCCCCC.CCCCCC.OCCCCCCCC(CCO)(CCO)CCO. The summed E-state index contributed by atoms with van der Waals surface area (Å²) in [5.74, 6) is 0. The van der Waals surface area contributed by atoms with Crippen LogP contribution in [0.25, 0.3) is 0 Å². The Morgan fingerprint density at radius 1 is 0.229 bits per heavy atom. The fourth-order valence-corrected chi connectivity index (χ4v) is 5.10. The van der Waals surface area contributed by atoms with Crippen LogP contribution in [0.15, 0.2) is 0 Å². The van der Waals surface area contributed by atoms with Crippen LogP contribution in [0.1, 0.15) is 255 Å². The maximum atomic E-state index is 9.14. The molecule has 0 saturated carbocycles. The Balaban J connectivity index is -0.000000122. The molecule has 4 N–H and O–H groups in total. The van der Waals surface area contributed by atoms with Gasteiger partial charge < -0.3 is 20.4 Å². The Bertz CT molecular complexity index is 347. The highest BCUT2D eigenvalue weighted by molar-refractivity contribution is 4.79. The zero-order valence-electron chi connectivity index (χ0n) is 35.6. The van der Waals surface area contributed by atoms with Crippen molar-refractivity contribution >= 4 is 0 Å². The summed E-state index contributed by atoms with van der Waals surface area (Å²) in [6.07, 6.45) is 35.8. The molecule has 300 valence electrons. The fraction of sp³-hybridized carbons (Fsp3) is 1.00. The van der Waals surface area contributed by atoms with E-state index in [1.54, 1.807) is 0 Å². The molecule has 0 aromatic carbocycles. The minimum atomic E-state index is -0.102. The average Bonchev–Trinajstić information content (AvgIpc) is 3.10. The smallest absolute Gasteiger partial charge is 0.0436 e. The maximum Gasteiger partial charge on any atom is 0.0436 e. The second-order valence-electron chi connectivity index (χ2n) is 13.7. The third kappa shape index (κ3) is 71.8. The van der Waals surface area contributed by atoms with Gasteiger partial charge in [-0.1, -0.05) is 223 Å². The van der Waals surface area contributed by atoms with Crippen LogP contribution in [0.2, 0.25) is 0 Å². The summed E-state index contributed by atoms with van der Waals surface area (Å²) in [6, 6.07) is 0. The second-order valence-corrected chi connectivity index (χ2v) is 13.7. The monoisotopic (exact) mass is 693 g/mol. The van der Waals surface area contributed by atoms with Crippen LogP contribution in [-0.4, -0.2) is 46.9 Å². The first-order valence-electron chi connectivity index (χ1n) is 21.8. The number of aliphatic hydroxyl groups excluding tert-OH is 4. The van der Waals surface area contributed by atoms with Crippen molar-refractivity contribution in [1.82, 2.24) is 0 Å². The molecule has 0 aliphatic rings. The van der Waals surface area contributed by atoms with E-state index in [0.29, 0.717) is 19.3 Å². The van der Waals surface area contributed by atoms with E-state index < -0.39 is 0 Å². The number of hydrogen-bond acceptors (Lipinski definition) is 4. The molecule has 0 aromatic rings. The van der Waals surface area contributed by atoms with Gasteiger partial charge in [0.1, 0.15) is 0 Å². The molecule has 0 aliphatic carbocycles. The first-order valence-corrected chi connectivity index (χ1v) is 21.8. The molecular weight excluding hydrogens is 592 g/mol. The van der Waals surface area contributed by atoms with Gasteiger partial charge in [-0.3, -0.25) is 0 Å². The summed E-state index contributed by atoms with van der Waals surface area (Å²) < 4.78 is 0. The average molecular weight is 693 g/mol. The number of rotatable bonds is 28. The first kappa shape index (κ1) is 60.0. The zero-order chi connectivity index (χ0) is 37.8. The Hall–Kier alpha value is -0.160. The van der Waals surface area contributed by atoms with Crippen LogP contribution < -0.4 is 0 Å². The lowest BCUT2D eigenvalue weighted by Gasteiger charge is -2.32. The molecular formula is C44H100O4. The topological polar surface area (TPSA) is 80.9 Å². The predicted octanol–water partition coefficient (Wildman–Crippen LogP) is 14.4. The van der Waals surface area contributed by atoms with E-state index in [4.69, 9.17) is 20.4 Å². The molecule has 0 radical (unpaired) electrons. The minimum absolute atomic E-state index is 0.102. The highest BCUT2D eigenvalue weighted by atomic mass is 16.3. The standard InChI is InChI=1S/C14H30O4.5C6H14/c15-10-5-3-1-2-4-6-14(7-11-16,8-12-17)9-13-18;5*1-3-5-6-4-2/h15-18H,1-13H2;5*3-6H2,1-2H3. The molecule has 48 heavy (non-hydrogen) atoms. The summed E-state index contributed by atoms with van der Waals surface area (Å²) in [5.41, 5.74) is -0.102. The molecule has 0 aliphatic heterocycles. The first-order chi connectivity index (χ1) is 23.3. The Morgan fingerprint density at radius 2 is 0.438 bits per heavy atom. The second kappa shape index (κ2) is 65.2. The molecule has 0 fully saturated rings. The van der Waals surface area contributed by atoms with E-state index in [9.17, 15) is 0 Å². The lowest BCUT2D eigenvalue weighted by molar-refractivity contribution is 0.0885. The summed E-state index contributed by atoms with van der Waals surface area (Å²) in [7, 11) is 0. The van der Waals surface area contributed by atoms with E-state index in [0.717, 1.165) is 38.5 Å². The van der Waals surface area contributed by atoms with Gasteiger partial charge in [-0.25, -0.2) is 0 Å². The molecule has 0 rings (SSSR count). The van der Waals surface area contributed by atoms with E-state index in [1.807, 2.05) is 0 Å². The molecule has 0 bridgehead atoms. The number of unbranched alkanes of at least 4 members (excludes halogenated alkanes) is 19. The van der Waals surface area contributed by atoms with Crippen molar-refractivity contribution in [3.05, 3.63) is 0 Å². The van der Waals surface area contributed by atoms with Crippen molar-refractivity contribution in [2.24, 2.45) is 5.41 Å². The highest BCUT2D eigenvalue weighted by Gasteiger charge is 2.27. The molecule has 0 atom stereocenters. The van der Waals surface area contributed by atoms with Gasteiger partial charge >= 0.3 is 0 Å². The normalized spacial score (nSPS) is 10.1. The van der Waals surface area contributed by atoms with E-state index in [1.165, 1.54) is 128 Å². The molecule has 0 saturated heterocycles. The van der Waals surface area contributed by atoms with E-state index >= 15 is 0 Å². The Kier molecular flexibility index (Phi) is 81.5. The van der Waals surface area contributed by atoms with Crippen LogP contribution in [0.4, 0.5) is 0 Å². The summed E-state index contributed by atoms with van der Waals surface area (Å²) >= 11 is 0. The predicted molar refractivity (Wildman–Crippen MR) is 221 cm³/mol. The molecule has 0 heterocycles. The van der Waals surface area contributed by atoms with Gasteiger partial charge in [-0.05, 0) is 37.5 Å². The van der Waals surface area contributed by atoms with Crippen LogP contribution in [0, 0.1) is 5.41 Å². The highest BCUT2D eigenvalue weighted by Crippen LogP contribution is 2.36. The van der Waals surface area contributed by atoms with Crippen molar-refractivity contribution in [2.75, 3.05) is 26.4 Å². The lowest BCUT2D eigenvalue weighted by Crippen LogP contribution is -2.25. The van der Waals surface area contributed by atoms with Crippen molar-refractivity contribution in [2.45, 2.75) is 255 Å². The van der Waals surface area contributed by atoms with Crippen LogP contribution in [0.3, 0.4) is 0 Å². The zero-order valence-corrected chi connectivity index (χ0v) is 35.6. The van der Waals surface area contributed by atoms with Gasteiger partial charge in [-0.2, -0.15) is 0 Å². The van der Waals surface area contributed by atoms with Gasteiger partial charge in [-0.15, -0.1) is 0 Å². The summed E-state index contributed by atoms with van der Waals surface area (Å²) in [4.78, 5) is 0. The number of hydrogen-bond donors (Lipinski definition) is 4. The van der Waals surface area contributed by atoms with Gasteiger partial charge in [0.05, 0.1) is 0 Å². The molecule has 0 amide bonds. The maximum absolute atomic E-state index is 9.14. The van der Waals surface area contributed by atoms with Crippen LogP contribution >= 0.6 is 0 Å². The Labute approximate surface area is 307 Å². The molecule has 4 heteroatoms. The fourth-order valence-electron chi connectivity index (χ4n) is 5.10. The van der Waals surface area contributed by atoms with Gasteiger partial charge in [0.2, 0.25) is 0 Å². The number of aliphatic hydroxyl groups is 4. The summed E-state index contributed by atoms with van der Waals surface area (Å²) in [6.45, 7) is 22.9. The molecule has 0 unspecified atom stereocenters. The van der Waals surface area contributed by atoms with Crippen LogP contribution in [-0.2, 0) is 0 Å². The molecule has 0 aromatic heterocycles.